The molecule has 0 aliphatic carbocycles. The Morgan fingerprint density at radius 3 is 2.91 bits per heavy atom. The van der Waals surface area contributed by atoms with E-state index in [2.05, 4.69) is 39.3 Å². The molecule has 1 atom stereocenters. The summed E-state index contributed by atoms with van der Waals surface area (Å²) >= 11 is 1.39. The SMILES string of the molecule is CN1CCN(C)C(CNC(=O)c2cnc(-c3cnn(C)c3)s2)C1. The molecular weight excluding hydrogens is 312 g/mol. The Bertz CT molecular complexity index is 681. The van der Waals surface area contributed by atoms with E-state index in [9.17, 15) is 4.79 Å². The van der Waals surface area contributed by atoms with Gasteiger partial charge in [0.15, 0.2) is 0 Å². The number of carbonyl (C=O) groups excluding carboxylic acids is 1. The first-order chi connectivity index (χ1) is 11.0. The number of thiazole rings is 1. The van der Waals surface area contributed by atoms with Crippen molar-refractivity contribution in [3.63, 3.8) is 0 Å². The van der Waals surface area contributed by atoms with E-state index in [0.29, 0.717) is 17.5 Å². The van der Waals surface area contributed by atoms with Crippen LogP contribution in [0, 0.1) is 0 Å². The van der Waals surface area contributed by atoms with Crippen LogP contribution in [0.4, 0.5) is 0 Å². The summed E-state index contributed by atoms with van der Waals surface area (Å²) < 4.78 is 1.73. The van der Waals surface area contributed by atoms with Crippen LogP contribution in [-0.4, -0.2) is 76.8 Å². The van der Waals surface area contributed by atoms with Crippen molar-refractivity contribution < 1.29 is 4.79 Å². The van der Waals surface area contributed by atoms with Gasteiger partial charge in [-0.1, -0.05) is 0 Å². The molecule has 1 N–H and O–H groups in total. The fraction of sp³-hybridized carbons (Fsp3) is 0.533. The van der Waals surface area contributed by atoms with E-state index in [1.807, 2.05) is 13.2 Å². The fourth-order valence-corrected chi connectivity index (χ4v) is 3.47. The van der Waals surface area contributed by atoms with E-state index in [0.717, 1.165) is 30.2 Å². The van der Waals surface area contributed by atoms with Crippen molar-refractivity contribution in [2.24, 2.45) is 7.05 Å². The average molecular weight is 334 g/mol. The van der Waals surface area contributed by atoms with Gasteiger partial charge in [-0.25, -0.2) is 4.98 Å². The smallest absolute Gasteiger partial charge is 0.263 e. The Balaban J connectivity index is 1.59. The van der Waals surface area contributed by atoms with Gasteiger partial charge >= 0.3 is 0 Å². The van der Waals surface area contributed by atoms with Crippen LogP contribution >= 0.6 is 11.3 Å². The number of aryl methyl sites for hydroxylation is 1. The van der Waals surface area contributed by atoms with Gasteiger partial charge in [-0.15, -0.1) is 11.3 Å². The molecule has 2 aromatic rings. The zero-order chi connectivity index (χ0) is 16.4. The van der Waals surface area contributed by atoms with Crippen LogP contribution < -0.4 is 5.32 Å². The van der Waals surface area contributed by atoms with Gasteiger partial charge < -0.3 is 10.2 Å². The van der Waals surface area contributed by atoms with Crippen LogP contribution in [0.3, 0.4) is 0 Å². The topological polar surface area (TPSA) is 66.3 Å². The van der Waals surface area contributed by atoms with Crippen molar-refractivity contribution >= 4 is 17.2 Å². The highest BCUT2D eigenvalue weighted by Crippen LogP contribution is 2.24. The van der Waals surface area contributed by atoms with Crippen LogP contribution in [0.25, 0.3) is 10.6 Å². The second-order valence-electron chi connectivity index (χ2n) is 6.04. The Labute approximate surface area is 139 Å². The Hall–Kier alpha value is -1.77. The van der Waals surface area contributed by atoms with Crippen LogP contribution in [0.5, 0.6) is 0 Å². The number of hydrogen-bond donors (Lipinski definition) is 1. The summed E-state index contributed by atoms with van der Waals surface area (Å²) in [5.41, 5.74) is 0.935. The van der Waals surface area contributed by atoms with E-state index in [-0.39, 0.29) is 5.91 Å². The molecule has 0 spiro atoms. The van der Waals surface area contributed by atoms with E-state index in [4.69, 9.17) is 0 Å². The third-order valence-electron chi connectivity index (χ3n) is 4.16. The van der Waals surface area contributed by atoms with Crippen molar-refractivity contribution in [1.29, 1.82) is 0 Å². The number of nitrogens with one attached hydrogen (secondary N) is 1. The Kier molecular flexibility index (Phi) is 4.74. The molecule has 0 aromatic carbocycles. The second-order valence-corrected chi connectivity index (χ2v) is 7.07. The first-order valence-corrected chi connectivity index (χ1v) is 8.46. The molecule has 3 heterocycles. The number of piperazine rings is 1. The molecule has 1 amide bonds. The molecule has 1 unspecified atom stereocenters. The van der Waals surface area contributed by atoms with Gasteiger partial charge in [0.25, 0.3) is 5.91 Å². The molecule has 0 radical (unpaired) electrons. The molecule has 1 saturated heterocycles. The highest BCUT2D eigenvalue weighted by Gasteiger charge is 2.23. The van der Waals surface area contributed by atoms with Gasteiger partial charge in [-0.05, 0) is 14.1 Å². The highest BCUT2D eigenvalue weighted by atomic mass is 32.1. The first kappa shape index (κ1) is 16.1. The highest BCUT2D eigenvalue weighted by molar-refractivity contribution is 7.16. The van der Waals surface area contributed by atoms with Gasteiger partial charge in [0.05, 0.1) is 12.4 Å². The summed E-state index contributed by atoms with van der Waals surface area (Å²) in [5.74, 6) is -0.0562. The molecule has 1 aliphatic rings. The Morgan fingerprint density at radius 1 is 1.35 bits per heavy atom. The maximum absolute atomic E-state index is 12.3. The van der Waals surface area contributed by atoms with Crippen molar-refractivity contribution in [2.45, 2.75) is 6.04 Å². The molecule has 3 rings (SSSR count). The molecule has 0 saturated carbocycles. The molecule has 0 bridgehead atoms. The molecule has 23 heavy (non-hydrogen) atoms. The zero-order valence-corrected chi connectivity index (χ0v) is 14.5. The quantitative estimate of drug-likeness (QED) is 0.883. The largest absolute Gasteiger partial charge is 0.350 e. The number of likely N-dealkylation sites (N-methyl/N-ethyl adjacent to an activating group) is 2. The van der Waals surface area contributed by atoms with Gasteiger partial charge in [-0.3, -0.25) is 14.4 Å². The maximum Gasteiger partial charge on any atom is 0.263 e. The normalized spacial score (nSPS) is 19.9. The monoisotopic (exact) mass is 334 g/mol. The third-order valence-corrected chi connectivity index (χ3v) is 5.20. The molecule has 1 aliphatic heterocycles. The Morgan fingerprint density at radius 2 is 2.17 bits per heavy atom. The van der Waals surface area contributed by atoms with Gasteiger partial charge in [0.2, 0.25) is 0 Å². The standard InChI is InChI=1S/C15H22N6OS/c1-19-4-5-20(2)12(10-19)7-16-14(22)13-8-17-15(23-13)11-6-18-21(3)9-11/h6,8-9,12H,4-5,7,10H2,1-3H3,(H,16,22). The van der Waals surface area contributed by atoms with Crippen LogP contribution in [0.15, 0.2) is 18.6 Å². The van der Waals surface area contributed by atoms with Crippen LogP contribution in [-0.2, 0) is 7.05 Å². The third kappa shape index (κ3) is 3.77. The average Bonchev–Trinajstić information content (AvgIpc) is 3.16. The number of hydrogen-bond acceptors (Lipinski definition) is 6. The number of carbonyl (C=O) groups is 1. The van der Waals surface area contributed by atoms with Crippen molar-refractivity contribution in [3.05, 3.63) is 23.5 Å². The van der Waals surface area contributed by atoms with Gasteiger partial charge in [0.1, 0.15) is 9.88 Å². The number of nitrogens with zero attached hydrogens (tertiary/aromatic N) is 5. The van der Waals surface area contributed by atoms with Crippen molar-refractivity contribution in [2.75, 3.05) is 40.3 Å². The molecule has 2 aromatic heterocycles. The molecule has 8 heteroatoms. The summed E-state index contributed by atoms with van der Waals surface area (Å²) in [6, 6.07) is 0.350. The van der Waals surface area contributed by atoms with Crippen LogP contribution in [0.1, 0.15) is 9.67 Å². The summed E-state index contributed by atoms with van der Waals surface area (Å²) in [7, 11) is 6.09. The molecule has 7 nitrogen and oxygen atoms in total. The van der Waals surface area contributed by atoms with E-state index < -0.39 is 0 Å². The maximum atomic E-state index is 12.3. The summed E-state index contributed by atoms with van der Waals surface area (Å²) in [4.78, 5) is 21.9. The summed E-state index contributed by atoms with van der Waals surface area (Å²) in [6.07, 6.45) is 5.29. The van der Waals surface area contributed by atoms with E-state index in [1.54, 1.807) is 17.1 Å². The van der Waals surface area contributed by atoms with Gasteiger partial charge in [-0.2, -0.15) is 5.10 Å². The van der Waals surface area contributed by atoms with E-state index in [1.165, 1.54) is 11.3 Å². The fourth-order valence-electron chi connectivity index (χ4n) is 2.66. The van der Waals surface area contributed by atoms with Gasteiger partial charge in [0, 0.05) is 51.0 Å². The zero-order valence-electron chi connectivity index (χ0n) is 13.7. The minimum Gasteiger partial charge on any atom is -0.350 e. The lowest BCUT2D eigenvalue weighted by Gasteiger charge is -2.37. The lowest BCUT2D eigenvalue weighted by molar-refractivity contribution is 0.0884. The first-order valence-electron chi connectivity index (χ1n) is 7.65. The molecular formula is C15H22N6OS. The number of aromatic nitrogens is 3. The van der Waals surface area contributed by atoms with Crippen molar-refractivity contribution in [3.8, 4) is 10.6 Å². The molecule has 1 fully saturated rings. The predicted molar refractivity (Wildman–Crippen MR) is 90.6 cm³/mol. The number of amides is 1. The van der Waals surface area contributed by atoms with Crippen molar-refractivity contribution in [1.82, 2.24) is 29.9 Å². The lowest BCUT2D eigenvalue weighted by Crippen LogP contribution is -2.54. The predicted octanol–water partition coefficient (Wildman–Crippen LogP) is 0.519. The second kappa shape index (κ2) is 6.77. The van der Waals surface area contributed by atoms with Crippen LogP contribution in [0.2, 0.25) is 0 Å². The minimum atomic E-state index is -0.0562. The summed E-state index contributed by atoms with van der Waals surface area (Å²) in [6.45, 7) is 3.73. The molecule has 124 valence electrons. The minimum absolute atomic E-state index is 0.0562. The lowest BCUT2D eigenvalue weighted by atomic mass is 10.2. The van der Waals surface area contributed by atoms with E-state index >= 15 is 0 Å². The number of rotatable bonds is 4. The summed E-state index contributed by atoms with van der Waals surface area (Å²) in [5, 5.41) is 7.98.